The molecule has 1 atom stereocenters. The van der Waals surface area contributed by atoms with Crippen LogP contribution in [0.1, 0.15) is 22.2 Å². The van der Waals surface area contributed by atoms with Crippen LogP contribution in [0.15, 0.2) is 53.7 Å². The van der Waals surface area contributed by atoms with Crippen LogP contribution in [0, 0.1) is 13.8 Å². The fraction of sp³-hybridized carbons (Fsp3) is 0.167. The summed E-state index contributed by atoms with van der Waals surface area (Å²) in [5.41, 5.74) is 2.43. The number of nitrogens with one attached hydrogen (secondary N) is 1. The topological polar surface area (TPSA) is 85.8 Å². The van der Waals surface area contributed by atoms with E-state index in [0.29, 0.717) is 21.7 Å². The highest BCUT2D eigenvalue weighted by atomic mass is 35.5. The summed E-state index contributed by atoms with van der Waals surface area (Å²) in [6, 6.07) is 14.9. The number of amides is 1. The highest BCUT2D eigenvalue weighted by Gasteiger charge is 2.25. The molecular formula is C18H18ClN5OS. The summed E-state index contributed by atoms with van der Waals surface area (Å²) in [6.07, 6.45) is 0. The first kappa shape index (κ1) is 18.3. The summed E-state index contributed by atoms with van der Waals surface area (Å²) in [6.45, 7) is 3.66. The van der Waals surface area contributed by atoms with Crippen LogP contribution in [0.5, 0.6) is 0 Å². The molecular weight excluding hydrogens is 370 g/mol. The second-order valence-corrected chi connectivity index (χ2v) is 7.24. The molecule has 0 aliphatic heterocycles. The van der Waals surface area contributed by atoms with Gasteiger partial charge < -0.3 is 11.2 Å². The number of anilines is 1. The summed E-state index contributed by atoms with van der Waals surface area (Å²) in [5.74, 6) is 6.32. The fourth-order valence-electron chi connectivity index (χ4n) is 2.31. The monoisotopic (exact) mass is 387 g/mol. The van der Waals surface area contributed by atoms with E-state index in [-0.39, 0.29) is 5.91 Å². The molecule has 6 nitrogen and oxygen atoms in total. The Kier molecular flexibility index (Phi) is 5.49. The van der Waals surface area contributed by atoms with Gasteiger partial charge in [0.15, 0.2) is 0 Å². The maximum Gasteiger partial charge on any atom is 0.242 e. The minimum absolute atomic E-state index is 0.193. The maximum atomic E-state index is 13.0. The lowest BCUT2D eigenvalue weighted by atomic mass is 10.1. The number of aromatic nitrogens is 3. The van der Waals surface area contributed by atoms with E-state index >= 15 is 0 Å². The summed E-state index contributed by atoms with van der Waals surface area (Å²) in [4.78, 5) is 13.0. The molecule has 0 fully saturated rings. The van der Waals surface area contributed by atoms with Crippen LogP contribution in [0.2, 0.25) is 5.02 Å². The lowest BCUT2D eigenvalue weighted by molar-refractivity contribution is -0.115. The van der Waals surface area contributed by atoms with Crippen molar-refractivity contribution in [3.63, 3.8) is 0 Å². The van der Waals surface area contributed by atoms with Crippen molar-refractivity contribution in [1.29, 1.82) is 0 Å². The van der Waals surface area contributed by atoms with Gasteiger partial charge in [0.2, 0.25) is 11.1 Å². The molecule has 3 rings (SSSR count). The van der Waals surface area contributed by atoms with Crippen molar-refractivity contribution in [1.82, 2.24) is 14.9 Å². The zero-order chi connectivity index (χ0) is 18.7. The molecule has 0 unspecified atom stereocenters. The SMILES string of the molecule is Cc1ccc(NC(=O)[C@@H](Sc2nnc(C)n2N)c2ccccc2)cc1Cl. The molecule has 1 heterocycles. The van der Waals surface area contributed by atoms with E-state index in [1.807, 2.05) is 49.4 Å². The minimum Gasteiger partial charge on any atom is -0.336 e. The van der Waals surface area contributed by atoms with Crippen molar-refractivity contribution in [2.24, 2.45) is 0 Å². The van der Waals surface area contributed by atoms with Crippen LogP contribution in [0.25, 0.3) is 0 Å². The molecule has 8 heteroatoms. The first-order chi connectivity index (χ1) is 12.5. The Morgan fingerprint density at radius 2 is 1.92 bits per heavy atom. The highest BCUT2D eigenvalue weighted by Crippen LogP contribution is 2.35. The van der Waals surface area contributed by atoms with Crippen molar-refractivity contribution >= 4 is 35.0 Å². The number of aryl methyl sites for hydroxylation is 2. The quantitative estimate of drug-likeness (QED) is 0.514. The van der Waals surface area contributed by atoms with Gasteiger partial charge in [-0.1, -0.05) is 59.8 Å². The number of hydrogen-bond acceptors (Lipinski definition) is 5. The number of benzene rings is 2. The largest absolute Gasteiger partial charge is 0.336 e. The van der Waals surface area contributed by atoms with Gasteiger partial charge in [0.25, 0.3) is 0 Å². The summed E-state index contributed by atoms with van der Waals surface area (Å²) in [7, 11) is 0. The third-order valence-electron chi connectivity index (χ3n) is 3.84. The van der Waals surface area contributed by atoms with Gasteiger partial charge in [-0.3, -0.25) is 4.79 Å². The predicted octanol–water partition coefficient (Wildman–Crippen LogP) is 3.73. The van der Waals surface area contributed by atoms with Crippen LogP contribution in [-0.4, -0.2) is 20.8 Å². The Balaban J connectivity index is 1.88. The summed E-state index contributed by atoms with van der Waals surface area (Å²) >= 11 is 7.40. The maximum absolute atomic E-state index is 13.0. The number of rotatable bonds is 5. The first-order valence-corrected chi connectivity index (χ1v) is 9.17. The normalized spacial score (nSPS) is 12.0. The van der Waals surface area contributed by atoms with Gasteiger partial charge in [-0.15, -0.1) is 10.2 Å². The van der Waals surface area contributed by atoms with Gasteiger partial charge in [-0.05, 0) is 37.1 Å². The van der Waals surface area contributed by atoms with E-state index in [4.69, 9.17) is 17.4 Å². The van der Waals surface area contributed by atoms with E-state index < -0.39 is 5.25 Å². The Hall–Kier alpha value is -2.51. The van der Waals surface area contributed by atoms with Gasteiger partial charge in [0.1, 0.15) is 11.1 Å². The summed E-state index contributed by atoms with van der Waals surface area (Å²) < 4.78 is 1.37. The fourth-order valence-corrected chi connectivity index (χ4v) is 3.50. The minimum atomic E-state index is -0.540. The third-order valence-corrected chi connectivity index (χ3v) is 5.46. The smallest absolute Gasteiger partial charge is 0.242 e. The van der Waals surface area contributed by atoms with E-state index in [9.17, 15) is 4.79 Å². The first-order valence-electron chi connectivity index (χ1n) is 7.91. The standard InChI is InChI=1S/C18H18ClN5OS/c1-11-8-9-14(10-15(11)19)21-17(25)16(13-6-4-3-5-7-13)26-18-23-22-12(2)24(18)20/h3-10,16H,20H2,1-2H3,(H,21,25)/t16-/m0/s1. The molecule has 1 aromatic heterocycles. The molecule has 0 bridgehead atoms. The number of hydrogen-bond donors (Lipinski definition) is 2. The molecule has 26 heavy (non-hydrogen) atoms. The number of nitrogen functional groups attached to an aromatic ring is 1. The molecule has 0 aliphatic rings. The van der Waals surface area contributed by atoms with Gasteiger partial charge in [0, 0.05) is 10.7 Å². The van der Waals surface area contributed by atoms with Crippen molar-refractivity contribution in [3.8, 4) is 0 Å². The van der Waals surface area contributed by atoms with Crippen LogP contribution in [0.4, 0.5) is 5.69 Å². The average Bonchev–Trinajstić information content (AvgIpc) is 2.95. The van der Waals surface area contributed by atoms with Crippen molar-refractivity contribution in [3.05, 3.63) is 70.5 Å². The van der Waals surface area contributed by atoms with Crippen LogP contribution in [0.3, 0.4) is 0 Å². The predicted molar refractivity (Wildman–Crippen MR) is 105 cm³/mol. The van der Waals surface area contributed by atoms with Crippen LogP contribution in [-0.2, 0) is 4.79 Å². The molecule has 0 aliphatic carbocycles. The Morgan fingerprint density at radius 3 is 2.54 bits per heavy atom. The third kappa shape index (κ3) is 4.00. The van der Waals surface area contributed by atoms with E-state index in [1.54, 1.807) is 13.0 Å². The molecule has 3 N–H and O–H groups in total. The molecule has 1 amide bonds. The highest BCUT2D eigenvalue weighted by molar-refractivity contribution is 8.00. The Labute approximate surface area is 160 Å². The van der Waals surface area contributed by atoms with Crippen molar-refractivity contribution in [2.75, 3.05) is 11.2 Å². The Morgan fingerprint density at radius 1 is 1.19 bits per heavy atom. The second kappa shape index (κ2) is 7.80. The average molecular weight is 388 g/mol. The summed E-state index contributed by atoms with van der Waals surface area (Å²) in [5, 5.41) is 11.4. The lowest BCUT2D eigenvalue weighted by Crippen LogP contribution is -2.20. The van der Waals surface area contributed by atoms with E-state index in [2.05, 4.69) is 15.5 Å². The van der Waals surface area contributed by atoms with Gasteiger partial charge in [-0.2, -0.15) is 0 Å². The number of nitrogens with zero attached hydrogens (tertiary/aromatic N) is 3. The number of thioether (sulfide) groups is 1. The molecule has 0 spiro atoms. The number of carbonyl (C=O) groups excluding carboxylic acids is 1. The van der Waals surface area contributed by atoms with Crippen molar-refractivity contribution < 1.29 is 4.79 Å². The van der Waals surface area contributed by atoms with E-state index in [1.165, 1.54) is 16.4 Å². The molecule has 2 aromatic carbocycles. The molecule has 0 radical (unpaired) electrons. The van der Waals surface area contributed by atoms with E-state index in [0.717, 1.165) is 11.1 Å². The van der Waals surface area contributed by atoms with Crippen LogP contribution < -0.4 is 11.2 Å². The molecule has 0 saturated heterocycles. The van der Waals surface area contributed by atoms with Gasteiger partial charge in [-0.25, -0.2) is 4.68 Å². The lowest BCUT2D eigenvalue weighted by Gasteiger charge is -2.16. The molecule has 3 aromatic rings. The number of carbonyl (C=O) groups is 1. The number of nitrogens with two attached hydrogens (primary N) is 1. The van der Waals surface area contributed by atoms with Crippen molar-refractivity contribution in [2.45, 2.75) is 24.3 Å². The number of halogens is 1. The zero-order valence-corrected chi connectivity index (χ0v) is 15.9. The second-order valence-electron chi connectivity index (χ2n) is 5.76. The van der Waals surface area contributed by atoms with Crippen LogP contribution >= 0.6 is 23.4 Å². The van der Waals surface area contributed by atoms with Gasteiger partial charge in [0.05, 0.1) is 0 Å². The molecule has 0 saturated carbocycles. The zero-order valence-electron chi connectivity index (χ0n) is 14.3. The molecule has 134 valence electrons. The van der Waals surface area contributed by atoms with Gasteiger partial charge >= 0.3 is 0 Å². The Bertz CT molecular complexity index is 929.